The Morgan fingerprint density at radius 3 is 2.60 bits per heavy atom. The zero-order valence-electron chi connectivity index (χ0n) is 16.7. The minimum absolute atomic E-state index is 0.00456. The van der Waals surface area contributed by atoms with Crippen LogP contribution in [0.25, 0.3) is 11.2 Å². The second-order valence-electron chi connectivity index (χ2n) is 6.98. The van der Waals surface area contributed by atoms with E-state index in [9.17, 15) is 13.2 Å². The number of imidazole rings is 1. The highest BCUT2D eigenvalue weighted by Crippen LogP contribution is 2.24. The molecule has 160 valence electrons. The Kier molecular flexibility index (Phi) is 7.00. The van der Waals surface area contributed by atoms with Gasteiger partial charge in [0, 0.05) is 10.0 Å². The maximum atomic E-state index is 12.5. The fraction of sp³-hybridized carbons (Fsp3) is 0.350. The number of carbonyl (C=O) groups is 1. The van der Waals surface area contributed by atoms with Gasteiger partial charge in [0.1, 0.15) is 17.0 Å². The van der Waals surface area contributed by atoms with Gasteiger partial charge in [0.25, 0.3) is 5.91 Å². The number of halogens is 2. The number of aryl methyl sites for hydroxylation is 1. The first-order valence-electron chi connectivity index (χ1n) is 9.53. The van der Waals surface area contributed by atoms with E-state index in [1.807, 2.05) is 24.5 Å². The number of hydrogen-bond donors (Lipinski definition) is 1. The Balaban J connectivity index is 1.88. The molecule has 0 aliphatic heterocycles. The zero-order chi connectivity index (χ0) is 21.9. The first-order chi connectivity index (χ1) is 14.2. The van der Waals surface area contributed by atoms with Crippen LogP contribution in [0.4, 0.5) is 0 Å². The monoisotopic (exact) mass is 468 g/mol. The molecule has 1 aromatic carbocycles. The third-order valence-corrected chi connectivity index (χ3v) is 6.53. The molecule has 3 aromatic rings. The third-order valence-electron chi connectivity index (χ3n) is 4.62. The molecule has 0 saturated carbocycles. The van der Waals surface area contributed by atoms with Crippen molar-refractivity contribution in [3.63, 3.8) is 0 Å². The molecule has 0 saturated heterocycles. The summed E-state index contributed by atoms with van der Waals surface area (Å²) < 4.78 is 28.2. The smallest absolute Gasteiger partial charge is 0.283 e. The molecule has 0 aliphatic carbocycles. The minimum atomic E-state index is -3.71. The fourth-order valence-corrected chi connectivity index (χ4v) is 4.58. The second kappa shape index (κ2) is 9.32. The number of aromatic nitrogens is 3. The number of carbonyl (C=O) groups excluding carboxylic acids is 1. The number of hydrogen-bond acceptors (Lipinski definition) is 5. The molecule has 2 aromatic heterocycles. The normalized spacial score (nSPS) is 11.7. The molecule has 3 rings (SSSR count). The first-order valence-corrected chi connectivity index (χ1v) is 11.9. The van der Waals surface area contributed by atoms with Gasteiger partial charge in [-0.2, -0.15) is 0 Å². The lowest BCUT2D eigenvalue weighted by molar-refractivity contribution is 0.0977. The average molecular weight is 469 g/mol. The van der Waals surface area contributed by atoms with E-state index in [1.165, 1.54) is 6.07 Å². The molecule has 30 heavy (non-hydrogen) atoms. The summed E-state index contributed by atoms with van der Waals surface area (Å²) in [7, 11) is -3.71. The minimum Gasteiger partial charge on any atom is -0.308 e. The molecule has 0 fully saturated rings. The zero-order valence-corrected chi connectivity index (χ0v) is 19.0. The number of nitrogens with one attached hydrogen (secondary N) is 1. The molecule has 0 radical (unpaired) electrons. The van der Waals surface area contributed by atoms with Crippen LogP contribution in [0.15, 0.2) is 30.3 Å². The van der Waals surface area contributed by atoms with Crippen LogP contribution >= 0.6 is 23.2 Å². The molecular formula is C20H22Cl2N4O3S. The molecule has 7 nitrogen and oxygen atoms in total. The Morgan fingerprint density at radius 1 is 1.13 bits per heavy atom. The summed E-state index contributed by atoms with van der Waals surface area (Å²) in [5.74, 6) is -0.169. The number of rotatable bonds is 8. The predicted molar refractivity (Wildman–Crippen MR) is 119 cm³/mol. The summed E-state index contributed by atoms with van der Waals surface area (Å²) in [6.45, 7) is 4.18. The summed E-state index contributed by atoms with van der Waals surface area (Å²) >= 11 is 12.3. The largest absolute Gasteiger partial charge is 0.308 e. The van der Waals surface area contributed by atoms with E-state index < -0.39 is 15.9 Å². The number of unbranched alkanes of at least 4 members (excludes halogenated alkanes) is 2. The second-order valence-corrected chi connectivity index (χ2v) is 9.66. The van der Waals surface area contributed by atoms with Crippen molar-refractivity contribution in [2.24, 2.45) is 0 Å². The molecule has 0 aliphatic rings. The topological polar surface area (TPSA) is 94.0 Å². The fourth-order valence-electron chi connectivity index (χ4n) is 3.04. The van der Waals surface area contributed by atoms with Gasteiger partial charge in [-0.1, -0.05) is 49.0 Å². The van der Waals surface area contributed by atoms with Crippen molar-refractivity contribution >= 4 is 50.3 Å². The van der Waals surface area contributed by atoms with Crippen molar-refractivity contribution in [2.45, 2.75) is 39.7 Å². The van der Waals surface area contributed by atoms with Crippen LogP contribution in [0, 0.1) is 6.92 Å². The maximum absolute atomic E-state index is 12.5. The van der Waals surface area contributed by atoms with Crippen molar-refractivity contribution in [1.82, 2.24) is 19.3 Å². The lowest BCUT2D eigenvalue weighted by atomic mass is 10.2. The van der Waals surface area contributed by atoms with Crippen molar-refractivity contribution in [3.05, 3.63) is 57.5 Å². The third kappa shape index (κ3) is 5.30. The van der Waals surface area contributed by atoms with Crippen molar-refractivity contribution in [3.8, 4) is 0 Å². The van der Waals surface area contributed by atoms with Gasteiger partial charge in [-0.05, 0) is 43.2 Å². The number of fused-ring (bicyclic) bond motifs is 1. The van der Waals surface area contributed by atoms with Crippen molar-refractivity contribution in [1.29, 1.82) is 0 Å². The van der Waals surface area contributed by atoms with Gasteiger partial charge in [0.2, 0.25) is 10.0 Å². The average Bonchev–Trinajstić information content (AvgIpc) is 2.98. The highest BCUT2D eigenvalue weighted by molar-refractivity contribution is 7.90. The van der Waals surface area contributed by atoms with E-state index in [4.69, 9.17) is 23.2 Å². The van der Waals surface area contributed by atoms with E-state index in [1.54, 1.807) is 18.2 Å². The van der Waals surface area contributed by atoms with Crippen molar-refractivity contribution in [2.75, 3.05) is 5.75 Å². The van der Waals surface area contributed by atoms with Gasteiger partial charge < -0.3 is 4.57 Å². The lowest BCUT2D eigenvalue weighted by Crippen LogP contribution is -2.33. The highest BCUT2D eigenvalue weighted by atomic mass is 35.5. The highest BCUT2D eigenvalue weighted by Gasteiger charge is 2.19. The van der Waals surface area contributed by atoms with Crippen LogP contribution in [0.5, 0.6) is 0 Å². The van der Waals surface area contributed by atoms with E-state index >= 15 is 0 Å². The van der Waals surface area contributed by atoms with Gasteiger partial charge >= 0.3 is 0 Å². The maximum Gasteiger partial charge on any atom is 0.283 e. The summed E-state index contributed by atoms with van der Waals surface area (Å²) in [5, 5.41) is 1.05. The molecule has 2 heterocycles. The van der Waals surface area contributed by atoms with Crippen LogP contribution in [-0.4, -0.2) is 34.6 Å². The van der Waals surface area contributed by atoms with Gasteiger partial charge in [-0.15, -0.1) is 0 Å². The summed E-state index contributed by atoms with van der Waals surface area (Å²) in [6.07, 6.45) is 2.17. The van der Waals surface area contributed by atoms with Crippen LogP contribution in [0.3, 0.4) is 0 Å². The summed E-state index contributed by atoms with van der Waals surface area (Å²) in [4.78, 5) is 21.3. The van der Waals surface area contributed by atoms with E-state index in [0.717, 1.165) is 18.4 Å². The summed E-state index contributed by atoms with van der Waals surface area (Å²) in [6, 6.07) is 8.32. The SMILES string of the molecule is CCCCCS(=O)(=O)NC(=O)c1ccc2nc(C)n(Cc3ccc(Cl)cc3Cl)c2n1. The number of benzene rings is 1. The molecule has 0 spiro atoms. The Hall–Kier alpha value is -2.16. The molecule has 0 bridgehead atoms. The number of nitrogens with zero attached hydrogens (tertiary/aromatic N) is 3. The Morgan fingerprint density at radius 2 is 1.90 bits per heavy atom. The van der Waals surface area contributed by atoms with E-state index in [2.05, 4.69) is 14.7 Å². The molecule has 1 N–H and O–H groups in total. The van der Waals surface area contributed by atoms with Gasteiger partial charge in [0.15, 0.2) is 5.65 Å². The molecule has 0 unspecified atom stereocenters. The number of pyridine rings is 1. The first kappa shape index (κ1) is 22.5. The van der Waals surface area contributed by atoms with E-state index in [-0.39, 0.29) is 11.4 Å². The van der Waals surface area contributed by atoms with Crippen LogP contribution < -0.4 is 4.72 Å². The molecule has 0 atom stereocenters. The van der Waals surface area contributed by atoms with Crippen LogP contribution in [0.2, 0.25) is 10.0 Å². The predicted octanol–water partition coefficient (Wildman–Crippen LogP) is 4.34. The van der Waals surface area contributed by atoms with Crippen LogP contribution in [-0.2, 0) is 16.6 Å². The number of amides is 1. The lowest BCUT2D eigenvalue weighted by Gasteiger charge is -2.10. The molecular weight excluding hydrogens is 447 g/mol. The van der Waals surface area contributed by atoms with Crippen LogP contribution in [0.1, 0.15) is 48.1 Å². The van der Waals surface area contributed by atoms with E-state index in [0.29, 0.717) is 40.0 Å². The Labute approximate surface area is 185 Å². The van der Waals surface area contributed by atoms with Gasteiger partial charge in [-0.3, -0.25) is 4.79 Å². The van der Waals surface area contributed by atoms with Gasteiger partial charge in [-0.25, -0.2) is 23.1 Å². The van der Waals surface area contributed by atoms with Crippen molar-refractivity contribution < 1.29 is 13.2 Å². The Bertz CT molecular complexity index is 1190. The van der Waals surface area contributed by atoms with Gasteiger partial charge in [0.05, 0.1) is 12.3 Å². The summed E-state index contributed by atoms with van der Waals surface area (Å²) in [5.41, 5.74) is 1.89. The standard InChI is InChI=1S/C20H22Cl2N4O3S/c1-3-4-5-10-30(28,29)25-20(27)18-9-8-17-19(24-18)26(13(2)23-17)12-14-6-7-15(21)11-16(14)22/h6-9,11H,3-5,10,12H2,1-2H3,(H,25,27). The molecule has 10 heteroatoms. The quantitative estimate of drug-likeness (QED) is 0.496. The number of sulfonamides is 1. The molecule has 1 amide bonds.